The van der Waals surface area contributed by atoms with Gasteiger partial charge in [-0.25, -0.2) is 25.6 Å². The number of aryl methyl sites for hydroxylation is 2. The zero-order chi connectivity index (χ0) is 47.2. The van der Waals surface area contributed by atoms with Crippen LogP contribution in [0, 0.1) is 21.1 Å². The number of benzene rings is 2. The molecule has 2 aromatic carbocycles. The van der Waals surface area contributed by atoms with Gasteiger partial charge in [-0.2, -0.15) is 32.1 Å². The summed E-state index contributed by atoms with van der Waals surface area (Å²) in [7, 11) is -5.93. The van der Waals surface area contributed by atoms with Crippen LogP contribution in [0.2, 0.25) is 5.02 Å². The molecule has 346 valence electrons. The molecular formula is C41H42ClF7IN7O5S2. The van der Waals surface area contributed by atoms with Gasteiger partial charge in [-0.15, -0.1) is 0 Å². The van der Waals surface area contributed by atoms with Gasteiger partial charge in [0.25, 0.3) is 5.92 Å². The highest BCUT2D eigenvalue weighted by Gasteiger charge is 2.57. The number of pyridine rings is 1. The first-order chi connectivity index (χ1) is 29.5. The van der Waals surface area contributed by atoms with Crippen molar-refractivity contribution in [3.8, 4) is 11.1 Å². The molecule has 1 fully saturated rings. The summed E-state index contributed by atoms with van der Waals surface area (Å²) in [5.41, 5.74) is -2.18. The number of sulfonamides is 1. The van der Waals surface area contributed by atoms with Crippen molar-refractivity contribution in [2.75, 3.05) is 11.0 Å². The molecule has 2 aliphatic rings. The average Bonchev–Trinajstić information content (AvgIpc) is 3.84. The molecule has 0 radical (unpaired) electrons. The van der Waals surface area contributed by atoms with E-state index in [2.05, 4.69) is 20.2 Å². The number of aromatic nitrogens is 5. The number of nitrogens with one attached hydrogen (secondary N) is 2. The Bertz CT molecular complexity index is 2920. The van der Waals surface area contributed by atoms with Crippen molar-refractivity contribution in [1.29, 1.82) is 0 Å². The Morgan fingerprint density at radius 2 is 1.66 bits per heavy atom. The van der Waals surface area contributed by atoms with E-state index < -0.39 is 107 Å². The molecule has 2 N–H and O–H groups in total. The number of nitrogens with zero attached hydrogens (tertiary/aromatic N) is 5. The summed E-state index contributed by atoms with van der Waals surface area (Å²) >= 11 is 8.65. The van der Waals surface area contributed by atoms with Crippen LogP contribution in [0.4, 0.5) is 36.6 Å². The van der Waals surface area contributed by atoms with Crippen molar-refractivity contribution in [3.63, 3.8) is 0 Å². The van der Waals surface area contributed by atoms with E-state index in [9.17, 15) is 43.6 Å². The highest BCUT2D eigenvalue weighted by atomic mass is 127. The van der Waals surface area contributed by atoms with Gasteiger partial charge < -0.3 is 5.32 Å². The number of hydrogen-bond donors (Lipinski definition) is 2. The minimum Gasteiger partial charge on any atom is -0.346 e. The van der Waals surface area contributed by atoms with E-state index in [1.54, 1.807) is 26.0 Å². The van der Waals surface area contributed by atoms with Crippen molar-refractivity contribution >= 4 is 76.7 Å². The average molecular weight is 1070 g/mol. The third kappa shape index (κ3) is 9.08. The van der Waals surface area contributed by atoms with Gasteiger partial charge in [-0.3, -0.25) is 23.9 Å². The Balaban J connectivity index is 1.41. The fourth-order valence-electron chi connectivity index (χ4n) is 8.35. The molecule has 1 saturated carbocycles. The Morgan fingerprint density at radius 3 is 2.25 bits per heavy atom. The van der Waals surface area contributed by atoms with Gasteiger partial charge in [0.05, 0.1) is 49.6 Å². The summed E-state index contributed by atoms with van der Waals surface area (Å²) in [6, 6.07) is 5.86. The van der Waals surface area contributed by atoms with E-state index in [0.29, 0.717) is 38.4 Å². The summed E-state index contributed by atoms with van der Waals surface area (Å²) < 4.78 is 159. The first-order valence-corrected chi connectivity index (χ1v) is 24.8. The van der Waals surface area contributed by atoms with Gasteiger partial charge in [0.2, 0.25) is 15.9 Å². The summed E-state index contributed by atoms with van der Waals surface area (Å²) in [5, 5.41) is 10.3. The molecule has 12 nitrogen and oxygen atoms in total. The highest BCUT2D eigenvalue weighted by Crippen LogP contribution is 2.55. The Morgan fingerprint density at radius 1 is 1.02 bits per heavy atom. The lowest BCUT2D eigenvalue weighted by Gasteiger charge is -2.26. The SMILES string of the molecule is C[C@@H]1c2c(C(F)(F)F)nn(CC(=O)N[C@@H](Cc3cc(F)cc(F)c3)c3nc(CCC(C)(C)S(=O)(=O)C4CC4)c(I)cc3-c3ccc(Cl)c4c(NS(C)(=O)=O)nn(C)c34)c2C(F)(F)[C@@H]1C. The van der Waals surface area contributed by atoms with E-state index in [1.165, 1.54) is 24.7 Å². The molecule has 1 amide bonds. The Labute approximate surface area is 382 Å². The van der Waals surface area contributed by atoms with Crippen molar-refractivity contribution in [2.45, 2.75) is 100 Å². The molecule has 0 saturated heterocycles. The highest BCUT2D eigenvalue weighted by molar-refractivity contribution is 14.1. The minimum absolute atomic E-state index is 0.00739. The van der Waals surface area contributed by atoms with Crippen LogP contribution in [-0.4, -0.2) is 63.5 Å². The van der Waals surface area contributed by atoms with E-state index in [0.717, 1.165) is 25.3 Å². The lowest BCUT2D eigenvalue weighted by atomic mass is 9.93. The molecule has 0 bridgehead atoms. The van der Waals surface area contributed by atoms with Crippen LogP contribution in [0.1, 0.15) is 92.8 Å². The number of amides is 1. The monoisotopic (exact) mass is 1070 g/mol. The molecule has 0 aliphatic heterocycles. The number of carbonyl (C=O) groups excluding carboxylic acids is 1. The van der Waals surface area contributed by atoms with Crippen LogP contribution in [-0.2, 0) is 63.2 Å². The zero-order valence-electron chi connectivity index (χ0n) is 35.0. The van der Waals surface area contributed by atoms with Gasteiger partial charge in [0.15, 0.2) is 21.3 Å². The maximum Gasteiger partial charge on any atom is 0.435 e. The second-order valence-electron chi connectivity index (χ2n) is 17.1. The summed E-state index contributed by atoms with van der Waals surface area (Å²) in [6.45, 7) is 4.42. The van der Waals surface area contributed by atoms with Gasteiger partial charge >= 0.3 is 6.18 Å². The van der Waals surface area contributed by atoms with Gasteiger partial charge in [-0.1, -0.05) is 31.5 Å². The molecule has 7 rings (SSSR count). The number of hydrogen-bond acceptors (Lipinski definition) is 8. The van der Waals surface area contributed by atoms with Crippen molar-refractivity contribution in [2.24, 2.45) is 13.0 Å². The molecular weight excluding hydrogens is 1030 g/mol. The van der Waals surface area contributed by atoms with Crippen LogP contribution >= 0.6 is 34.2 Å². The van der Waals surface area contributed by atoms with Gasteiger partial charge in [0.1, 0.15) is 23.9 Å². The topological polar surface area (TPSA) is 158 Å². The van der Waals surface area contributed by atoms with E-state index in [4.69, 9.17) is 16.6 Å². The number of alkyl halides is 5. The second-order valence-corrected chi connectivity index (χ2v) is 23.3. The van der Waals surface area contributed by atoms with Crippen LogP contribution in [0.25, 0.3) is 22.0 Å². The van der Waals surface area contributed by atoms with Crippen LogP contribution < -0.4 is 10.0 Å². The summed E-state index contributed by atoms with van der Waals surface area (Å²) in [5.74, 6) is -9.84. The van der Waals surface area contributed by atoms with Crippen LogP contribution in [0.5, 0.6) is 0 Å². The van der Waals surface area contributed by atoms with Crippen molar-refractivity contribution < 1.29 is 52.4 Å². The molecule has 3 heterocycles. The largest absolute Gasteiger partial charge is 0.435 e. The lowest BCUT2D eigenvalue weighted by Crippen LogP contribution is -2.36. The summed E-state index contributed by atoms with van der Waals surface area (Å²) in [6.07, 6.45) is -3.37. The molecule has 3 aromatic heterocycles. The Hall–Kier alpha value is -4.03. The zero-order valence-corrected chi connectivity index (χ0v) is 39.6. The number of carbonyl (C=O) groups is 1. The van der Waals surface area contributed by atoms with E-state index in [-0.39, 0.29) is 51.4 Å². The lowest BCUT2D eigenvalue weighted by molar-refractivity contribution is -0.143. The van der Waals surface area contributed by atoms with E-state index >= 15 is 8.78 Å². The maximum atomic E-state index is 15.7. The van der Waals surface area contributed by atoms with E-state index in [1.807, 2.05) is 22.6 Å². The number of halogens is 9. The molecule has 64 heavy (non-hydrogen) atoms. The van der Waals surface area contributed by atoms with Crippen molar-refractivity contribution in [1.82, 2.24) is 29.9 Å². The third-order valence-corrected chi connectivity index (χ3v) is 16.9. The number of rotatable bonds is 14. The molecule has 0 spiro atoms. The first-order valence-electron chi connectivity index (χ1n) is 19.9. The molecule has 5 aromatic rings. The van der Waals surface area contributed by atoms with Gasteiger partial charge in [0, 0.05) is 39.3 Å². The molecule has 23 heteroatoms. The first kappa shape index (κ1) is 47.9. The Kier molecular flexibility index (Phi) is 12.5. The van der Waals surface area contributed by atoms with Gasteiger partial charge in [-0.05, 0) is 104 Å². The van der Waals surface area contributed by atoms with Crippen LogP contribution in [0.3, 0.4) is 0 Å². The molecule has 0 unspecified atom stereocenters. The van der Waals surface area contributed by atoms with Crippen molar-refractivity contribution in [3.05, 3.63) is 90.5 Å². The van der Waals surface area contributed by atoms with Crippen LogP contribution in [0.15, 0.2) is 36.4 Å². The fourth-order valence-corrected chi connectivity index (χ4v) is 11.8. The smallest absolute Gasteiger partial charge is 0.346 e. The minimum atomic E-state index is -5.14. The number of anilines is 1. The number of fused-ring (bicyclic) bond motifs is 2. The normalized spacial score (nSPS) is 18.4. The standard InChI is InChI=1S/C41H42ClF7IN7O5S2/c1-19-20(2)40(45,46)37-32(19)36(41(47,48)49)53-57(37)18-31(58)51-30(15-21-13-22(43)16-23(44)14-21)34-26(17-28(50)29(52-34)11-12-39(3,4)64(61,62)24-7-8-24)25-9-10-27(42)33-35(25)56(5)54-38(33)55-63(6,59)60/h9-10,13-14,16-17,19-20,24,30H,7-8,11-12,15,18H2,1-6H3,(H,51,58)(H,54,55)/t19-,20+,30-/m0/s1. The third-order valence-electron chi connectivity index (χ3n) is 12.0. The molecule has 3 atom stereocenters. The predicted octanol–water partition coefficient (Wildman–Crippen LogP) is 8.99. The summed E-state index contributed by atoms with van der Waals surface area (Å²) in [4.78, 5) is 19.2. The maximum absolute atomic E-state index is 15.7. The molecule has 2 aliphatic carbocycles. The number of sulfone groups is 1. The quantitative estimate of drug-likeness (QED) is 0.0825. The fraction of sp³-hybridized carbons (Fsp3) is 0.463. The predicted molar refractivity (Wildman–Crippen MR) is 234 cm³/mol. The second kappa shape index (κ2) is 16.7.